The van der Waals surface area contributed by atoms with E-state index >= 15 is 0 Å². The molecule has 0 bridgehead atoms. The van der Waals surface area contributed by atoms with Crippen LogP contribution in [-0.2, 0) is 24.4 Å². The van der Waals surface area contributed by atoms with Crippen LogP contribution in [0.2, 0.25) is 0 Å². The van der Waals surface area contributed by atoms with Gasteiger partial charge in [-0.1, -0.05) is 26.0 Å². The normalized spacial score (nSPS) is 24.4. The fraction of sp³-hybridized carbons (Fsp3) is 0.542. The van der Waals surface area contributed by atoms with Gasteiger partial charge in [-0.15, -0.1) is 0 Å². The monoisotopic (exact) mass is 473 g/mol. The number of nitrogens with zero attached hydrogens (tertiary/aromatic N) is 2. The highest BCUT2D eigenvalue weighted by Gasteiger charge is 2.51. The van der Waals surface area contributed by atoms with Crippen molar-refractivity contribution in [1.82, 2.24) is 9.21 Å². The third-order valence-electron chi connectivity index (χ3n) is 6.68. The summed E-state index contributed by atoms with van der Waals surface area (Å²) in [6, 6.07) is 5.15. The van der Waals surface area contributed by atoms with E-state index in [-0.39, 0.29) is 34.5 Å². The molecular weight excluding hydrogens is 442 g/mol. The number of amides is 3. The Labute approximate surface area is 195 Å². The summed E-state index contributed by atoms with van der Waals surface area (Å²) in [6.45, 7) is 4.93. The van der Waals surface area contributed by atoms with Gasteiger partial charge >= 0.3 is 0 Å². The number of likely N-dealkylation sites (tertiary alicyclic amines) is 1. The van der Waals surface area contributed by atoms with E-state index in [0.717, 1.165) is 12.8 Å². The van der Waals surface area contributed by atoms with Crippen LogP contribution in [0, 0.1) is 17.8 Å². The predicted molar refractivity (Wildman–Crippen MR) is 124 cm³/mol. The van der Waals surface area contributed by atoms with Crippen LogP contribution in [0.15, 0.2) is 41.3 Å². The molecule has 0 spiro atoms. The maximum absolute atomic E-state index is 13.2. The number of allylic oxidation sites excluding steroid dienone is 2. The third kappa shape index (κ3) is 4.61. The van der Waals surface area contributed by atoms with Crippen molar-refractivity contribution in [2.75, 3.05) is 18.4 Å². The van der Waals surface area contributed by atoms with Gasteiger partial charge in [0.1, 0.15) is 6.04 Å². The Kier molecular flexibility index (Phi) is 6.72. The van der Waals surface area contributed by atoms with Gasteiger partial charge in [-0.05, 0) is 62.3 Å². The number of fused-ring (bicyclic) bond motifs is 1. The second-order valence-corrected chi connectivity index (χ2v) is 11.4. The first-order valence-corrected chi connectivity index (χ1v) is 13.1. The molecule has 178 valence electrons. The van der Waals surface area contributed by atoms with Gasteiger partial charge in [-0.2, -0.15) is 4.31 Å². The quantitative estimate of drug-likeness (QED) is 0.484. The molecule has 0 aromatic heterocycles. The molecule has 0 saturated carbocycles. The Morgan fingerprint density at radius 3 is 2.06 bits per heavy atom. The van der Waals surface area contributed by atoms with Crippen molar-refractivity contribution in [3.05, 3.63) is 36.4 Å². The molecule has 3 atom stereocenters. The van der Waals surface area contributed by atoms with Gasteiger partial charge in [-0.3, -0.25) is 19.3 Å². The van der Waals surface area contributed by atoms with Gasteiger partial charge in [0.25, 0.3) is 0 Å². The zero-order valence-electron chi connectivity index (χ0n) is 19.1. The van der Waals surface area contributed by atoms with Crippen LogP contribution >= 0.6 is 0 Å². The Hall–Kier alpha value is -2.52. The number of hydrogen-bond donors (Lipinski definition) is 1. The molecule has 2 heterocycles. The van der Waals surface area contributed by atoms with Gasteiger partial charge < -0.3 is 5.32 Å². The van der Waals surface area contributed by atoms with E-state index in [1.54, 1.807) is 12.1 Å². The molecule has 2 fully saturated rings. The number of hydrogen-bond acceptors (Lipinski definition) is 5. The average Bonchev–Trinajstić information content (AvgIpc) is 3.41. The SMILES string of the molecule is CC(C)CC(C(=O)Nc1ccc(S(=O)(=O)N2CCCC2)cc1)N1C(=O)C2CC=CCC2C1=O. The summed E-state index contributed by atoms with van der Waals surface area (Å²) in [5, 5.41) is 2.79. The lowest BCUT2D eigenvalue weighted by Gasteiger charge is -2.27. The highest BCUT2D eigenvalue weighted by Crippen LogP contribution is 2.37. The van der Waals surface area contributed by atoms with Gasteiger partial charge in [0.05, 0.1) is 16.7 Å². The lowest BCUT2D eigenvalue weighted by molar-refractivity contribution is -0.147. The summed E-state index contributed by atoms with van der Waals surface area (Å²) in [5.41, 5.74) is 0.423. The van der Waals surface area contributed by atoms with E-state index in [2.05, 4.69) is 5.32 Å². The zero-order chi connectivity index (χ0) is 23.8. The van der Waals surface area contributed by atoms with Crippen molar-refractivity contribution in [3.8, 4) is 0 Å². The number of anilines is 1. The van der Waals surface area contributed by atoms with Crippen molar-refractivity contribution in [1.29, 1.82) is 0 Å². The molecule has 8 nitrogen and oxygen atoms in total. The fourth-order valence-corrected chi connectivity index (χ4v) is 6.44. The van der Waals surface area contributed by atoms with E-state index < -0.39 is 22.0 Å². The van der Waals surface area contributed by atoms with Crippen LogP contribution in [0.4, 0.5) is 5.69 Å². The molecule has 1 aromatic rings. The summed E-state index contributed by atoms with van der Waals surface area (Å²) in [7, 11) is -3.54. The smallest absolute Gasteiger partial charge is 0.247 e. The van der Waals surface area contributed by atoms with Crippen LogP contribution in [0.3, 0.4) is 0 Å². The fourth-order valence-electron chi connectivity index (χ4n) is 4.92. The second kappa shape index (κ2) is 9.38. The molecule has 4 rings (SSSR count). The first-order chi connectivity index (χ1) is 15.7. The van der Waals surface area contributed by atoms with Crippen molar-refractivity contribution in [3.63, 3.8) is 0 Å². The molecule has 2 aliphatic heterocycles. The largest absolute Gasteiger partial charge is 0.324 e. The Morgan fingerprint density at radius 1 is 1.00 bits per heavy atom. The number of carbonyl (C=O) groups excluding carboxylic acids is 3. The first-order valence-electron chi connectivity index (χ1n) is 11.6. The van der Waals surface area contributed by atoms with E-state index in [0.29, 0.717) is 38.0 Å². The highest BCUT2D eigenvalue weighted by molar-refractivity contribution is 7.89. The lowest BCUT2D eigenvalue weighted by atomic mass is 9.85. The Bertz CT molecular complexity index is 1030. The number of benzene rings is 1. The Balaban J connectivity index is 1.51. The summed E-state index contributed by atoms with van der Waals surface area (Å²) in [5.74, 6) is -1.67. The minimum absolute atomic E-state index is 0.0927. The highest BCUT2D eigenvalue weighted by atomic mass is 32.2. The summed E-state index contributed by atoms with van der Waals surface area (Å²) >= 11 is 0. The molecule has 2 saturated heterocycles. The molecule has 3 amide bonds. The number of nitrogens with one attached hydrogen (secondary N) is 1. The maximum atomic E-state index is 13.2. The summed E-state index contributed by atoms with van der Waals surface area (Å²) in [6.07, 6.45) is 6.96. The molecule has 0 radical (unpaired) electrons. The average molecular weight is 474 g/mol. The number of imide groups is 1. The molecule has 3 unspecified atom stereocenters. The second-order valence-electron chi connectivity index (χ2n) is 9.47. The molecule has 33 heavy (non-hydrogen) atoms. The van der Waals surface area contributed by atoms with Gasteiger partial charge in [0.15, 0.2) is 0 Å². The number of sulfonamides is 1. The van der Waals surface area contributed by atoms with Crippen molar-refractivity contribution < 1.29 is 22.8 Å². The lowest BCUT2D eigenvalue weighted by Crippen LogP contribution is -2.48. The predicted octanol–water partition coefficient (Wildman–Crippen LogP) is 2.78. The minimum Gasteiger partial charge on any atom is -0.324 e. The van der Waals surface area contributed by atoms with Crippen molar-refractivity contribution in [2.45, 2.75) is 56.9 Å². The minimum atomic E-state index is -3.54. The van der Waals surface area contributed by atoms with Crippen LogP contribution in [0.1, 0.15) is 46.0 Å². The molecule has 1 aromatic carbocycles. The first kappa shape index (κ1) is 23.6. The van der Waals surface area contributed by atoms with E-state index in [1.165, 1.54) is 21.3 Å². The molecule has 9 heteroatoms. The standard InChI is InChI=1S/C24H31N3O5S/c1-16(2)15-21(27-23(29)19-7-3-4-8-20(19)24(27)30)22(28)25-17-9-11-18(12-10-17)33(31,32)26-13-5-6-14-26/h3-4,9-12,16,19-21H,5-8,13-15H2,1-2H3,(H,25,28). The van der Waals surface area contributed by atoms with E-state index in [4.69, 9.17) is 0 Å². The van der Waals surface area contributed by atoms with Crippen LogP contribution in [-0.4, -0.2) is 54.5 Å². The number of carbonyl (C=O) groups is 3. The van der Waals surface area contributed by atoms with Crippen LogP contribution in [0.25, 0.3) is 0 Å². The Morgan fingerprint density at radius 2 is 1.55 bits per heavy atom. The summed E-state index contributed by atoms with van der Waals surface area (Å²) in [4.78, 5) is 40.6. The van der Waals surface area contributed by atoms with Gasteiger partial charge in [-0.25, -0.2) is 8.42 Å². The van der Waals surface area contributed by atoms with Crippen molar-refractivity contribution in [2.24, 2.45) is 17.8 Å². The van der Waals surface area contributed by atoms with Gasteiger partial charge in [0.2, 0.25) is 27.7 Å². The topological polar surface area (TPSA) is 104 Å². The van der Waals surface area contributed by atoms with Crippen LogP contribution in [0.5, 0.6) is 0 Å². The number of rotatable bonds is 7. The summed E-state index contributed by atoms with van der Waals surface area (Å²) < 4.78 is 26.9. The molecule has 1 N–H and O–H groups in total. The van der Waals surface area contributed by atoms with Crippen LogP contribution < -0.4 is 5.32 Å². The molecule has 1 aliphatic carbocycles. The van der Waals surface area contributed by atoms with E-state index in [1.807, 2.05) is 26.0 Å². The maximum Gasteiger partial charge on any atom is 0.247 e. The van der Waals surface area contributed by atoms with Crippen molar-refractivity contribution >= 4 is 33.4 Å². The molecular formula is C24H31N3O5S. The molecule has 3 aliphatic rings. The third-order valence-corrected chi connectivity index (χ3v) is 8.59. The zero-order valence-corrected chi connectivity index (χ0v) is 19.9. The van der Waals surface area contributed by atoms with Gasteiger partial charge in [0, 0.05) is 18.8 Å². The van der Waals surface area contributed by atoms with E-state index in [9.17, 15) is 22.8 Å².